The summed E-state index contributed by atoms with van der Waals surface area (Å²) in [5.41, 5.74) is 0.348. The maximum atomic E-state index is 11.1. The van der Waals surface area contributed by atoms with E-state index < -0.39 is 5.97 Å². The van der Waals surface area contributed by atoms with Crippen molar-refractivity contribution in [2.24, 2.45) is 0 Å². The number of benzene rings is 2. The molecular weight excluding hydrogens is 308 g/mol. The third-order valence-corrected chi connectivity index (χ3v) is 4.16. The summed E-state index contributed by atoms with van der Waals surface area (Å²) in [5.74, 6) is 0.698. The summed E-state index contributed by atoms with van der Waals surface area (Å²) < 4.78 is 5.59. The summed E-state index contributed by atoms with van der Waals surface area (Å²) in [4.78, 5) is 11.9. The van der Waals surface area contributed by atoms with Gasteiger partial charge in [0.15, 0.2) is 0 Å². The highest BCUT2D eigenvalue weighted by Gasteiger charge is 2.08. The zero-order valence-corrected chi connectivity index (χ0v) is 12.9. The number of aromatic carboxylic acids is 1. The van der Waals surface area contributed by atoms with E-state index in [4.69, 9.17) is 21.4 Å². The van der Waals surface area contributed by atoms with Gasteiger partial charge in [-0.05, 0) is 42.8 Å². The van der Waals surface area contributed by atoms with E-state index in [0.717, 1.165) is 22.8 Å². The van der Waals surface area contributed by atoms with Gasteiger partial charge < -0.3 is 9.84 Å². The van der Waals surface area contributed by atoms with Crippen molar-refractivity contribution in [1.82, 2.24) is 0 Å². The first-order chi connectivity index (χ1) is 10.2. The van der Waals surface area contributed by atoms with Crippen LogP contribution in [-0.4, -0.2) is 23.4 Å². The molecule has 0 atom stereocenters. The van der Waals surface area contributed by atoms with Gasteiger partial charge >= 0.3 is 5.97 Å². The SMILES string of the molecule is O=C(O)c1ccccc1SCCCOc1ccc(Cl)cc1. The smallest absolute Gasteiger partial charge is 0.336 e. The molecule has 0 bridgehead atoms. The predicted molar refractivity (Wildman–Crippen MR) is 85.7 cm³/mol. The van der Waals surface area contributed by atoms with Crippen LogP contribution in [0.3, 0.4) is 0 Å². The summed E-state index contributed by atoms with van der Waals surface area (Å²) >= 11 is 7.33. The Bertz CT molecular complexity index is 599. The number of carboxylic acid groups (broad SMARTS) is 1. The fraction of sp³-hybridized carbons (Fsp3) is 0.188. The zero-order valence-electron chi connectivity index (χ0n) is 11.3. The van der Waals surface area contributed by atoms with Gasteiger partial charge in [-0.15, -0.1) is 11.8 Å². The van der Waals surface area contributed by atoms with Gasteiger partial charge in [-0.2, -0.15) is 0 Å². The number of ether oxygens (including phenoxy) is 1. The van der Waals surface area contributed by atoms with Gasteiger partial charge in [-0.25, -0.2) is 4.79 Å². The van der Waals surface area contributed by atoms with Crippen molar-refractivity contribution in [2.75, 3.05) is 12.4 Å². The van der Waals surface area contributed by atoms with Crippen molar-refractivity contribution in [3.05, 3.63) is 59.1 Å². The first-order valence-corrected chi connectivity index (χ1v) is 7.86. The molecule has 110 valence electrons. The molecule has 0 aliphatic heterocycles. The quantitative estimate of drug-likeness (QED) is 0.598. The molecule has 0 aromatic heterocycles. The van der Waals surface area contributed by atoms with Gasteiger partial charge in [0.1, 0.15) is 5.75 Å². The fourth-order valence-electron chi connectivity index (χ4n) is 1.73. The number of rotatable bonds is 7. The standard InChI is InChI=1S/C16H15ClO3S/c17-12-6-8-13(9-7-12)20-10-3-11-21-15-5-2-1-4-14(15)16(18)19/h1-2,4-9H,3,10-11H2,(H,18,19). The van der Waals surface area contributed by atoms with Crippen molar-refractivity contribution in [2.45, 2.75) is 11.3 Å². The number of halogens is 1. The van der Waals surface area contributed by atoms with Crippen molar-refractivity contribution in [3.63, 3.8) is 0 Å². The molecule has 0 heterocycles. The van der Waals surface area contributed by atoms with E-state index in [-0.39, 0.29) is 0 Å². The maximum Gasteiger partial charge on any atom is 0.336 e. The Morgan fingerprint density at radius 1 is 1.14 bits per heavy atom. The average molecular weight is 323 g/mol. The number of thioether (sulfide) groups is 1. The van der Waals surface area contributed by atoms with Gasteiger partial charge in [-0.3, -0.25) is 0 Å². The minimum absolute atomic E-state index is 0.348. The van der Waals surface area contributed by atoms with Crippen LogP contribution in [0.4, 0.5) is 0 Å². The Balaban J connectivity index is 1.75. The molecule has 0 aliphatic rings. The lowest BCUT2D eigenvalue weighted by molar-refractivity contribution is 0.0693. The van der Waals surface area contributed by atoms with E-state index >= 15 is 0 Å². The molecular formula is C16H15ClO3S. The summed E-state index contributed by atoms with van der Waals surface area (Å²) in [6.07, 6.45) is 0.835. The summed E-state index contributed by atoms with van der Waals surface area (Å²) in [6.45, 7) is 0.587. The molecule has 21 heavy (non-hydrogen) atoms. The topological polar surface area (TPSA) is 46.5 Å². The summed E-state index contributed by atoms with van der Waals surface area (Å²) in [6, 6.07) is 14.3. The monoisotopic (exact) mass is 322 g/mol. The molecule has 0 unspecified atom stereocenters. The number of hydrogen-bond donors (Lipinski definition) is 1. The van der Waals surface area contributed by atoms with Crippen LogP contribution in [0.25, 0.3) is 0 Å². The third-order valence-electron chi connectivity index (χ3n) is 2.75. The molecule has 0 saturated carbocycles. The largest absolute Gasteiger partial charge is 0.494 e. The van der Waals surface area contributed by atoms with E-state index in [9.17, 15) is 4.79 Å². The van der Waals surface area contributed by atoms with E-state index in [2.05, 4.69) is 0 Å². The second-order valence-corrected chi connectivity index (χ2v) is 5.88. The highest BCUT2D eigenvalue weighted by Crippen LogP contribution is 2.23. The summed E-state index contributed by atoms with van der Waals surface area (Å²) in [5, 5.41) is 9.77. The lowest BCUT2D eigenvalue weighted by Gasteiger charge is -2.07. The predicted octanol–water partition coefficient (Wildman–Crippen LogP) is 4.60. The van der Waals surface area contributed by atoms with E-state index in [1.54, 1.807) is 24.3 Å². The molecule has 0 spiro atoms. The molecule has 5 heteroatoms. The Labute approximate surface area is 132 Å². The van der Waals surface area contributed by atoms with E-state index in [1.807, 2.05) is 24.3 Å². The van der Waals surface area contributed by atoms with Crippen LogP contribution < -0.4 is 4.74 Å². The van der Waals surface area contributed by atoms with E-state index in [0.29, 0.717) is 17.2 Å². The molecule has 0 radical (unpaired) electrons. The number of carboxylic acids is 1. The third kappa shape index (κ3) is 4.99. The van der Waals surface area contributed by atoms with Crippen LogP contribution in [0.2, 0.25) is 5.02 Å². The van der Waals surface area contributed by atoms with Gasteiger partial charge in [0, 0.05) is 15.7 Å². The van der Waals surface area contributed by atoms with Crippen LogP contribution in [0, 0.1) is 0 Å². The van der Waals surface area contributed by atoms with Gasteiger partial charge in [0.05, 0.1) is 12.2 Å². The lowest BCUT2D eigenvalue weighted by atomic mass is 10.2. The number of carbonyl (C=O) groups is 1. The first-order valence-electron chi connectivity index (χ1n) is 6.50. The minimum Gasteiger partial charge on any atom is -0.494 e. The molecule has 0 amide bonds. The molecule has 0 aliphatic carbocycles. The fourth-order valence-corrected chi connectivity index (χ4v) is 2.82. The van der Waals surface area contributed by atoms with Crippen LogP contribution in [-0.2, 0) is 0 Å². The molecule has 1 N–H and O–H groups in total. The van der Waals surface area contributed by atoms with Gasteiger partial charge in [-0.1, -0.05) is 23.7 Å². The lowest BCUT2D eigenvalue weighted by Crippen LogP contribution is -2.01. The van der Waals surface area contributed by atoms with Crippen molar-refractivity contribution < 1.29 is 14.6 Å². The molecule has 2 rings (SSSR count). The Kier molecular flexibility index (Phi) is 5.96. The molecule has 0 saturated heterocycles. The molecule has 2 aromatic carbocycles. The number of hydrogen-bond acceptors (Lipinski definition) is 3. The van der Waals surface area contributed by atoms with Crippen molar-refractivity contribution in [1.29, 1.82) is 0 Å². The average Bonchev–Trinajstić information content (AvgIpc) is 2.49. The molecule has 2 aromatic rings. The van der Waals surface area contributed by atoms with Gasteiger partial charge in [0.2, 0.25) is 0 Å². The maximum absolute atomic E-state index is 11.1. The minimum atomic E-state index is -0.893. The Morgan fingerprint density at radius 2 is 1.86 bits per heavy atom. The highest BCUT2D eigenvalue weighted by molar-refractivity contribution is 7.99. The zero-order chi connectivity index (χ0) is 15.1. The van der Waals surface area contributed by atoms with E-state index in [1.165, 1.54) is 11.8 Å². The van der Waals surface area contributed by atoms with Crippen molar-refractivity contribution >= 4 is 29.3 Å². The summed E-state index contributed by atoms with van der Waals surface area (Å²) in [7, 11) is 0. The first kappa shape index (κ1) is 15.7. The van der Waals surface area contributed by atoms with Crippen molar-refractivity contribution in [3.8, 4) is 5.75 Å². The highest BCUT2D eigenvalue weighted by atomic mass is 35.5. The van der Waals surface area contributed by atoms with Crippen LogP contribution in [0.1, 0.15) is 16.8 Å². The van der Waals surface area contributed by atoms with Crippen LogP contribution in [0.5, 0.6) is 5.75 Å². The van der Waals surface area contributed by atoms with Gasteiger partial charge in [0.25, 0.3) is 0 Å². The molecule has 0 fully saturated rings. The Morgan fingerprint density at radius 3 is 2.57 bits per heavy atom. The second-order valence-electron chi connectivity index (χ2n) is 4.31. The second kappa shape index (κ2) is 7.96. The van der Waals surface area contributed by atoms with Crippen LogP contribution >= 0.6 is 23.4 Å². The molecule has 3 nitrogen and oxygen atoms in total. The normalized spacial score (nSPS) is 10.3. The van der Waals surface area contributed by atoms with Crippen LogP contribution in [0.15, 0.2) is 53.4 Å². The Hall–Kier alpha value is -1.65.